The van der Waals surface area contributed by atoms with Gasteiger partial charge in [0.2, 0.25) is 5.91 Å². The lowest BCUT2D eigenvalue weighted by molar-refractivity contribution is -0.114. The Hall–Kier alpha value is -3.06. The van der Waals surface area contributed by atoms with Crippen molar-refractivity contribution in [2.24, 2.45) is 0 Å². The molecule has 0 unspecified atom stereocenters. The Kier molecular flexibility index (Phi) is 6.37. The summed E-state index contributed by atoms with van der Waals surface area (Å²) in [5.74, 6) is -0.503. The molecule has 0 fully saturated rings. The summed E-state index contributed by atoms with van der Waals surface area (Å²) in [6, 6.07) is 25.4. The third-order valence-corrected chi connectivity index (χ3v) is 7.04. The molecule has 0 aromatic heterocycles. The third kappa shape index (κ3) is 4.72. The van der Waals surface area contributed by atoms with Crippen LogP contribution >= 0.6 is 23.2 Å². The Morgan fingerprint density at radius 2 is 1.44 bits per heavy atom. The number of sulfonamides is 1. The zero-order valence-corrected chi connectivity index (χ0v) is 19.0. The minimum absolute atomic E-state index is 0.0501. The Bertz CT molecular complexity index is 1370. The van der Waals surface area contributed by atoms with Crippen LogP contribution in [0, 0.1) is 0 Å². The SMILES string of the molecule is O=C(CN(c1cc(Cl)cc(Cl)c1)S(=O)(=O)c1ccccc1)Nc1cccc2ccccc12. The van der Waals surface area contributed by atoms with Crippen molar-refractivity contribution < 1.29 is 13.2 Å². The molecule has 32 heavy (non-hydrogen) atoms. The maximum Gasteiger partial charge on any atom is 0.264 e. The normalized spacial score (nSPS) is 11.3. The highest BCUT2D eigenvalue weighted by molar-refractivity contribution is 7.92. The van der Waals surface area contributed by atoms with Crippen LogP contribution in [0.25, 0.3) is 10.8 Å². The van der Waals surface area contributed by atoms with Crippen LogP contribution < -0.4 is 9.62 Å². The molecule has 4 rings (SSSR count). The first-order valence-corrected chi connectivity index (χ1v) is 11.9. The number of amides is 1. The number of carbonyl (C=O) groups is 1. The Morgan fingerprint density at radius 3 is 2.16 bits per heavy atom. The van der Waals surface area contributed by atoms with Gasteiger partial charge >= 0.3 is 0 Å². The van der Waals surface area contributed by atoms with Crippen LogP contribution in [0.4, 0.5) is 11.4 Å². The van der Waals surface area contributed by atoms with E-state index in [1.165, 1.54) is 30.3 Å². The van der Waals surface area contributed by atoms with Gasteiger partial charge in [-0.05, 0) is 41.8 Å². The van der Waals surface area contributed by atoms with Crippen molar-refractivity contribution in [3.05, 3.63) is 101 Å². The van der Waals surface area contributed by atoms with Gasteiger partial charge < -0.3 is 5.32 Å². The lowest BCUT2D eigenvalue weighted by Crippen LogP contribution is -2.38. The molecule has 0 aliphatic heterocycles. The average molecular weight is 485 g/mol. The van der Waals surface area contributed by atoms with Gasteiger partial charge in [-0.1, -0.05) is 77.8 Å². The number of halogens is 2. The second-order valence-electron chi connectivity index (χ2n) is 7.03. The van der Waals surface area contributed by atoms with Gasteiger partial charge in [-0.3, -0.25) is 9.10 Å². The zero-order valence-electron chi connectivity index (χ0n) is 16.7. The summed E-state index contributed by atoms with van der Waals surface area (Å²) in [4.78, 5) is 13.1. The molecule has 1 amide bonds. The van der Waals surface area contributed by atoms with Crippen molar-refractivity contribution in [2.45, 2.75) is 4.90 Å². The number of anilines is 2. The van der Waals surface area contributed by atoms with Crippen LogP contribution in [0.5, 0.6) is 0 Å². The summed E-state index contributed by atoms with van der Waals surface area (Å²) in [6.45, 7) is -0.461. The molecule has 4 aromatic rings. The molecule has 0 heterocycles. The number of hydrogen-bond acceptors (Lipinski definition) is 3. The number of hydrogen-bond donors (Lipinski definition) is 1. The van der Waals surface area contributed by atoms with Crippen molar-refractivity contribution in [3.63, 3.8) is 0 Å². The topological polar surface area (TPSA) is 66.5 Å². The van der Waals surface area contributed by atoms with Gasteiger partial charge in [0, 0.05) is 21.1 Å². The maximum atomic E-state index is 13.4. The average Bonchev–Trinajstić information content (AvgIpc) is 2.77. The molecular formula is C24H18Cl2N2O3S. The van der Waals surface area contributed by atoms with E-state index in [2.05, 4.69) is 5.32 Å². The molecule has 0 saturated heterocycles. The van der Waals surface area contributed by atoms with Crippen LogP contribution in [0.1, 0.15) is 0 Å². The number of fused-ring (bicyclic) bond motifs is 1. The minimum Gasteiger partial charge on any atom is -0.324 e. The van der Waals surface area contributed by atoms with Crippen molar-refractivity contribution in [1.29, 1.82) is 0 Å². The van der Waals surface area contributed by atoms with Crippen molar-refractivity contribution in [1.82, 2.24) is 0 Å². The molecular weight excluding hydrogens is 467 g/mol. The Balaban J connectivity index is 1.71. The summed E-state index contributed by atoms with van der Waals surface area (Å²) in [5.41, 5.74) is 0.786. The second kappa shape index (κ2) is 9.20. The first kappa shape index (κ1) is 22.1. The first-order valence-electron chi connectivity index (χ1n) is 9.66. The highest BCUT2D eigenvalue weighted by atomic mass is 35.5. The summed E-state index contributed by atoms with van der Waals surface area (Å²) < 4.78 is 27.8. The molecule has 1 N–H and O–H groups in total. The summed E-state index contributed by atoms with van der Waals surface area (Å²) in [5, 5.41) is 5.16. The lowest BCUT2D eigenvalue weighted by atomic mass is 10.1. The van der Waals surface area contributed by atoms with E-state index in [1.54, 1.807) is 24.3 Å². The first-order chi connectivity index (χ1) is 15.3. The van der Waals surface area contributed by atoms with Crippen LogP contribution in [-0.2, 0) is 14.8 Å². The molecule has 0 atom stereocenters. The van der Waals surface area contributed by atoms with Crippen molar-refractivity contribution in [3.8, 4) is 0 Å². The van der Waals surface area contributed by atoms with Gasteiger partial charge in [0.25, 0.3) is 10.0 Å². The van der Waals surface area contributed by atoms with Crippen LogP contribution in [0.2, 0.25) is 10.0 Å². The highest BCUT2D eigenvalue weighted by Gasteiger charge is 2.28. The Morgan fingerprint density at radius 1 is 0.812 bits per heavy atom. The van der Waals surface area contributed by atoms with Crippen LogP contribution in [0.15, 0.2) is 95.9 Å². The fourth-order valence-electron chi connectivity index (χ4n) is 3.37. The molecule has 0 aliphatic carbocycles. The van der Waals surface area contributed by atoms with E-state index in [4.69, 9.17) is 23.2 Å². The molecule has 4 aromatic carbocycles. The quantitative estimate of drug-likeness (QED) is 0.365. The third-order valence-electron chi connectivity index (χ3n) is 4.82. The number of rotatable bonds is 6. The number of nitrogens with one attached hydrogen (secondary N) is 1. The molecule has 0 saturated carbocycles. The van der Waals surface area contributed by atoms with Gasteiger partial charge in [-0.15, -0.1) is 0 Å². The van der Waals surface area contributed by atoms with Gasteiger partial charge in [0.05, 0.1) is 10.6 Å². The molecule has 5 nitrogen and oxygen atoms in total. The number of carbonyl (C=O) groups excluding carboxylic acids is 1. The molecule has 0 aliphatic rings. The summed E-state index contributed by atoms with van der Waals surface area (Å²) in [6.07, 6.45) is 0. The van der Waals surface area contributed by atoms with E-state index in [-0.39, 0.29) is 20.6 Å². The van der Waals surface area contributed by atoms with Crippen molar-refractivity contribution >= 4 is 61.3 Å². The van der Waals surface area contributed by atoms with Gasteiger partial charge in [0.15, 0.2) is 0 Å². The second-order valence-corrected chi connectivity index (χ2v) is 9.76. The predicted octanol–water partition coefficient (Wildman–Crippen LogP) is 5.98. The Labute approximate surface area is 196 Å². The van der Waals surface area contributed by atoms with E-state index in [0.717, 1.165) is 15.1 Å². The molecule has 0 bridgehead atoms. The van der Waals surface area contributed by atoms with E-state index >= 15 is 0 Å². The standard InChI is InChI=1S/C24H18Cl2N2O3S/c25-18-13-19(26)15-20(14-18)28(32(30,31)21-9-2-1-3-10-21)16-24(29)27-23-12-6-8-17-7-4-5-11-22(17)23/h1-15H,16H2,(H,27,29). The highest BCUT2D eigenvalue weighted by Crippen LogP contribution is 2.30. The number of nitrogens with zero attached hydrogens (tertiary/aromatic N) is 1. The monoisotopic (exact) mass is 484 g/mol. The fourth-order valence-corrected chi connectivity index (χ4v) is 5.31. The van der Waals surface area contributed by atoms with Crippen LogP contribution in [-0.4, -0.2) is 20.9 Å². The van der Waals surface area contributed by atoms with E-state index in [1.807, 2.05) is 36.4 Å². The lowest BCUT2D eigenvalue weighted by Gasteiger charge is -2.24. The van der Waals surface area contributed by atoms with Crippen LogP contribution in [0.3, 0.4) is 0 Å². The molecule has 0 radical (unpaired) electrons. The van der Waals surface area contributed by atoms with E-state index in [9.17, 15) is 13.2 Å². The van der Waals surface area contributed by atoms with Gasteiger partial charge in [-0.2, -0.15) is 0 Å². The van der Waals surface area contributed by atoms with Crippen molar-refractivity contribution in [2.75, 3.05) is 16.2 Å². The largest absolute Gasteiger partial charge is 0.324 e. The van der Waals surface area contributed by atoms with E-state index < -0.39 is 22.5 Å². The van der Waals surface area contributed by atoms with E-state index in [0.29, 0.717) is 5.69 Å². The van der Waals surface area contributed by atoms with Gasteiger partial charge in [0.1, 0.15) is 6.54 Å². The molecule has 0 spiro atoms. The summed E-state index contributed by atoms with van der Waals surface area (Å²) >= 11 is 12.2. The smallest absolute Gasteiger partial charge is 0.264 e. The van der Waals surface area contributed by atoms with Gasteiger partial charge in [-0.25, -0.2) is 8.42 Å². The zero-order chi connectivity index (χ0) is 22.7. The summed E-state index contributed by atoms with van der Waals surface area (Å²) in [7, 11) is -4.06. The predicted molar refractivity (Wildman–Crippen MR) is 130 cm³/mol. The number of benzene rings is 4. The molecule has 162 valence electrons. The fraction of sp³-hybridized carbons (Fsp3) is 0.0417. The maximum absolute atomic E-state index is 13.4. The molecule has 8 heteroatoms. The minimum atomic E-state index is -4.06.